The number of aromatic nitrogens is 1. The number of hydrogen-bond acceptors (Lipinski definition) is 2. The number of rotatable bonds is 2. The lowest BCUT2D eigenvalue weighted by molar-refractivity contribution is 0.521. The first-order chi connectivity index (χ1) is 8.58. The topological polar surface area (TPSA) is 16.1 Å². The minimum Gasteiger partial charge on any atom is -0.370 e. The fraction of sp³-hybridized carbons (Fsp3) is 0.667. The zero-order valence-electron chi connectivity index (χ0n) is 11.6. The van der Waals surface area contributed by atoms with Gasteiger partial charge < -0.3 is 4.90 Å². The SMILES string of the molecule is CC(C)c1ncc(N2CCC[C@H](C)CC2)cc1F. The van der Waals surface area contributed by atoms with E-state index in [1.54, 1.807) is 6.07 Å². The van der Waals surface area contributed by atoms with Crippen molar-refractivity contribution in [2.45, 2.75) is 46.0 Å². The normalized spacial score (nSPS) is 21.2. The van der Waals surface area contributed by atoms with Crippen LogP contribution in [0.25, 0.3) is 0 Å². The second-order valence-electron chi connectivity index (χ2n) is 5.74. The molecule has 1 aliphatic rings. The van der Waals surface area contributed by atoms with Crippen LogP contribution in [0.5, 0.6) is 0 Å². The summed E-state index contributed by atoms with van der Waals surface area (Å²) in [6.45, 7) is 8.28. The van der Waals surface area contributed by atoms with Crippen molar-refractivity contribution in [2.75, 3.05) is 18.0 Å². The van der Waals surface area contributed by atoms with Gasteiger partial charge in [0.2, 0.25) is 0 Å². The van der Waals surface area contributed by atoms with Crippen LogP contribution in [-0.4, -0.2) is 18.1 Å². The molecule has 2 nitrogen and oxygen atoms in total. The van der Waals surface area contributed by atoms with Gasteiger partial charge in [-0.2, -0.15) is 0 Å². The Kier molecular flexibility index (Phi) is 4.20. The first-order valence-corrected chi connectivity index (χ1v) is 6.98. The lowest BCUT2D eigenvalue weighted by Gasteiger charge is -2.23. The Hall–Kier alpha value is -1.12. The summed E-state index contributed by atoms with van der Waals surface area (Å²) in [6, 6.07) is 1.65. The second-order valence-corrected chi connectivity index (χ2v) is 5.74. The maximum Gasteiger partial charge on any atom is 0.147 e. The van der Waals surface area contributed by atoms with Crippen LogP contribution in [0.2, 0.25) is 0 Å². The summed E-state index contributed by atoms with van der Waals surface area (Å²) in [6.07, 6.45) is 5.48. The minimum atomic E-state index is -0.167. The molecule has 0 bridgehead atoms. The molecule has 0 aromatic carbocycles. The van der Waals surface area contributed by atoms with Crippen LogP contribution >= 0.6 is 0 Å². The molecule has 0 spiro atoms. The Balaban J connectivity index is 2.15. The summed E-state index contributed by atoms with van der Waals surface area (Å²) in [7, 11) is 0. The van der Waals surface area contributed by atoms with E-state index in [0.29, 0.717) is 5.69 Å². The monoisotopic (exact) mass is 250 g/mol. The molecule has 0 amide bonds. The van der Waals surface area contributed by atoms with Gasteiger partial charge in [0.15, 0.2) is 0 Å². The van der Waals surface area contributed by atoms with Gasteiger partial charge in [0.25, 0.3) is 0 Å². The zero-order valence-corrected chi connectivity index (χ0v) is 11.6. The van der Waals surface area contributed by atoms with Gasteiger partial charge in [-0.15, -0.1) is 0 Å². The molecule has 0 radical (unpaired) electrons. The lowest BCUT2D eigenvalue weighted by Crippen LogP contribution is -2.24. The molecule has 1 aromatic rings. The molecule has 100 valence electrons. The molecule has 1 aliphatic heterocycles. The Morgan fingerprint density at radius 3 is 2.78 bits per heavy atom. The number of halogens is 1. The zero-order chi connectivity index (χ0) is 13.1. The average Bonchev–Trinajstić information content (AvgIpc) is 2.53. The van der Waals surface area contributed by atoms with Gasteiger partial charge in [0.05, 0.1) is 17.6 Å². The Labute approximate surface area is 109 Å². The molecule has 1 saturated heterocycles. The van der Waals surface area contributed by atoms with Gasteiger partial charge in [-0.25, -0.2) is 4.39 Å². The van der Waals surface area contributed by atoms with E-state index in [1.807, 2.05) is 20.0 Å². The highest BCUT2D eigenvalue weighted by atomic mass is 19.1. The summed E-state index contributed by atoms with van der Waals surface area (Å²) >= 11 is 0. The van der Waals surface area contributed by atoms with Crippen molar-refractivity contribution in [3.8, 4) is 0 Å². The van der Waals surface area contributed by atoms with Crippen LogP contribution in [0.4, 0.5) is 10.1 Å². The van der Waals surface area contributed by atoms with Crippen molar-refractivity contribution in [1.82, 2.24) is 4.98 Å². The minimum absolute atomic E-state index is 0.142. The molecular formula is C15H23FN2. The first-order valence-electron chi connectivity index (χ1n) is 6.98. The van der Waals surface area contributed by atoms with E-state index in [9.17, 15) is 4.39 Å². The Morgan fingerprint density at radius 1 is 1.33 bits per heavy atom. The van der Waals surface area contributed by atoms with Crippen molar-refractivity contribution >= 4 is 5.69 Å². The molecule has 2 rings (SSSR count). The van der Waals surface area contributed by atoms with Crippen LogP contribution < -0.4 is 4.90 Å². The van der Waals surface area contributed by atoms with Gasteiger partial charge in [0.1, 0.15) is 5.82 Å². The molecule has 0 saturated carbocycles. The van der Waals surface area contributed by atoms with Crippen molar-refractivity contribution in [3.63, 3.8) is 0 Å². The molecule has 0 unspecified atom stereocenters. The molecule has 2 heterocycles. The van der Waals surface area contributed by atoms with Crippen molar-refractivity contribution in [1.29, 1.82) is 0 Å². The molecule has 1 atom stereocenters. The fourth-order valence-electron chi connectivity index (χ4n) is 2.56. The van der Waals surface area contributed by atoms with Gasteiger partial charge in [-0.1, -0.05) is 20.8 Å². The van der Waals surface area contributed by atoms with Crippen LogP contribution in [0.3, 0.4) is 0 Å². The summed E-state index contributed by atoms with van der Waals surface area (Å²) < 4.78 is 13.9. The maximum absolute atomic E-state index is 13.9. The maximum atomic E-state index is 13.9. The van der Waals surface area contributed by atoms with Crippen molar-refractivity contribution < 1.29 is 4.39 Å². The van der Waals surface area contributed by atoms with Crippen molar-refractivity contribution in [2.24, 2.45) is 5.92 Å². The Bertz CT molecular complexity index is 403. The molecule has 1 aromatic heterocycles. The van der Waals surface area contributed by atoms with E-state index < -0.39 is 0 Å². The van der Waals surface area contributed by atoms with Gasteiger partial charge in [-0.3, -0.25) is 4.98 Å². The van der Waals surface area contributed by atoms with Gasteiger partial charge in [-0.05, 0) is 31.1 Å². The molecule has 3 heteroatoms. The molecule has 0 aliphatic carbocycles. The third-order valence-electron chi connectivity index (χ3n) is 3.78. The lowest BCUT2D eigenvalue weighted by atomic mass is 10.0. The quantitative estimate of drug-likeness (QED) is 0.789. The van der Waals surface area contributed by atoms with E-state index in [0.717, 1.165) is 24.7 Å². The number of hydrogen-bond donors (Lipinski definition) is 0. The predicted molar refractivity (Wildman–Crippen MR) is 73.5 cm³/mol. The number of nitrogens with zero attached hydrogens (tertiary/aromatic N) is 2. The van der Waals surface area contributed by atoms with E-state index in [2.05, 4.69) is 16.8 Å². The summed E-state index contributed by atoms with van der Waals surface area (Å²) in [4.78, 5) is 6.55. The first kappa shape index (κ1) is 13.3. The molecule has 0 N–H and O–H groups in total. The molecular weight excluding hydrogens is 227 g/mol. The highest BCUT2D eigenvalue weighted by molar-refractivity contribution is 5.45. The van der Waals surface area contributed by atoms with E-state index in [1.165, 1.54) is 19.3 Å². The third kappa shape index (κ3) is 3.01. The summed E-state index contributed by atoms with van der Waals surface area (Å²) in [5.41, 5.74) is 1.51. The van der Waals surface area contributed by atoms with Crippen molar-refractivity contribution in [3.05, 3.63) is 23.8 Å². The average molecular weight is 250 g/mol. The summed E-state index contributed by atoms with van der Waals surface area (Å²) in [5, 5.41) is 0. The van der Waals surface area contributed by atoms with Crippen LogP contribution in [0.1, 0.15) is 51.6 Å². The Morgan fingerprint density at radius 2 is 2.11 bits per heavy atom. The fourth-order valence-corrected chi connectivity index (χ4v) is 2.56. The number of pyridine rings is 1. The van der Waals surface area contributed by atoms with Gasteiger partial charge in [0, 0.05) is 19.2 Å². The van der Waals surface area contributed by atoms with Crippen LogP contribution in [0.15, 0.2) is 12.3 Å². The largest absolute Gasteiger partial charge is 0.370 e. The third-order valence-corrected chi connectivity index (χ3v) is 3.78. The predicted octanol–water partition coefficient (Wildman–Crippen LogP) is 3.97. The van der Waals surface area contributed by atoms with Crippen LogP contribution in [-0.2, 0) is 0 Å². The summed E-state index contributed by atoms with van der Waals surface area (Å²) in [5.74, 6) is 0.755. The standard InChI is InChI=1S/C15H23FN2/c1-11(2)15-14(16)9-13(10-17-15)18-7-4-5-12(3)6-8-18/h9-12H,4-8H2,1-3H3/t12-/m0/s1. The van der Waals surface area contributed by atoms with E-state index in [-0.39, 0.29) is 11.7 Å². The molecule has 18 heavy (non-hydrogen) atoms. The van der Waals surface area contributed by atoms with E-state index >= 15 is 0 Å². The van der Waals surface area contributed by atoms with Crippen LogP contribution in [0, 0.1) is 11.7 Å². The smallest absolute Gasteiger partial charge is 0.147 e. The second kappa shape index (κ2) is 5.68. The highest BCUT2D eigenvalue weighted by Gasteiger charge is 2.16. The highest BCUT2D eigenvalue weighted by Crippen LogP contribution is 2.25. The number of anilines is 1. The van der Waals surface area contributed by atoms with Gasteiger partial charge >= 0.3 is 0 Å². The van der Waals surface area contributed by atoms with E-state index in [4.69, 9.17) is 0 Å². The molecule has 1 fully saturated rings.